The van der Waals surface area contributed by atoms with Gasteiger partial charge < -0.3 is 20.1 Å². The van der Waals surface area contributed by atoms with E-state index in [9.17, 15) is 9.59 Å². The Balaban J connectivity index is 1.96. The smallest absolute Gasteiger partial charge is 0.338 e. The van der Waals surface area contributed by atoms with E-state index in [-0.39, 0.29) is 12.6 Å². The van der Waals surface area contributed by atoms with Crippen molar-refractivity contribution >= 4 is 23.6 Å². The zero-order valence-electron chi connectivity index (χ0n) is 18.4. The van der Waals surface area contributed by atoms with Gasteiger partial charge in [-0.05, 0) is 86.7 Å². The van der Waals surface area contributed by atoms with Gasteiger partial charge in [0.2, 0.25) is 0 Å². The van der Waals surface area contributed by atoms with Crippen molar-refractivity contribution < 1.29 is 19.1 Å². The average Bonchev–Trinajstić information content (AvgIpc) is 2.68. The fraction of sp³-hybridized carbons (Fsp3) is 0.333. The Labute approximate surface area is 187 Å². The lowest BCUT2D eigenvalue weighted by molar-refractivity contribution is -0.139. The van der Waals surface area contributed by atoms with Crippen LogP contribution >= 0.6 is 11.6 Å². The molecule has 0 aliphatic carbocycles. The highest BCUT2D eigenvalue weighted by molar-refractivity contribution is 6.30. The second-order valence-electron chi connectivity index (χ2n) is 7.62. The minimum atomic E-state index is -0.607. The Kier molecular flexibility index (Phi) is 6.91. The van der Waals surface area contributed by atoms with Crippen molar-refractivity contribution in [1.29, 1.82) is 0 Å². The summed E-state index contributed by atoms with van der Waals surface area (Å²) in [4.78, 5) is 24.8. The van der Waals surface area contributed by atoms with Gasteiger partial charge in [0, 0.05) is 10.7 Å². The first kappa shape index (κ1) is 22.7. The van der Waals surface area contributed by atoms with Gasteiger partial charge in [0.1, 0.15) is 12.4 Å². The van der Waals surface area contributed by atoms with E-state index in [1.165, 1.54) is 0 Å². The van der Waals surface area contributed by atoms with Crippen LogP contribution in [0.4, 0.5) is 4.79 Å². The maximum Gasteiger partial charge on any atom is 0.338 e. The van der Waals surface area contributed by atoms with Crippen molar-refractivity contribution in [3.05, 3.63) is 74.4 Å². The van der Waals surface area contributed by atoms with Gasteiger partial charge in [0.05, 0.1) is 18.2 Å². The summed E-state index contributed by atoms with van der Waals surface area (Å²) in [7, 11) is 0. The number of benzene rings is 2. The predicted octanol–water partition coefficient (Wildman–Crippen LogP) is 5.04. The Morgan fingerprint density at radius 1 is 1.06 bits per heavy atom. The van der Waals surface area contributed by atoms with Gasteiger partial charge in [-0.25, -0.2) is 9.59 Å². The lowest BCUT2D eigenvalue weighted by Crippen LogP contribution is -2.45. The normalized spacial score (nSPS) is 15.9. The summed E-state index contributed by atoms with van der Waals surface area (Å²) in [5.41, 5.74) is 5.65. The second-order valence-corrected chi connectivity index (χ2v) is 8.06. The number of aryl methyl sites for hydroxylation is 3. The third kappa shape index (κ3) is 5.02. The van der Waals surface area contributed by atoms with Crippen LogP contribution in [-0.2, 0) is 16.1 Å². The zero-order chi connectivity index (χ0) is 22.7. The average molecular weight is 443 g/mol. The first-order valence-electron chi connectivity index (χ1n) is 10.2. The van der Waals surface area contributed by atoms with Gasteiger partial charge in [-0.1, -0.05) is 17.7 Å². The van der Waals surface area contributed by atoms with Crippen LogP contribution in [-0.4, -0.2) is 18.6 Å². The van der Waals surface area contributed by atoms with Crippen molar-refractivity contribution in [2.45, 2.75) is 47.3 Å². The molecule has 0 saturated heterocycles. The van der Waals surface area contributed by atoms with Crippen molar-refractivity contribution in [1.82, 2.24) is 10.6 Å². The van der Waals surface area contributed by atoms with Crippen molar-refractivity contribution in [3.63, 3.8) is 0 Å². The monoisotopic (exact) mass is 442 g/mol. The van der Waals surface area contributed by atoms with Crippen LogP contribution in [0.25, 0.3) is 0 Å². The Morgan fingerprint density at radius 3 is 2.48 bits per heavy atom. The van der Waals surface area contributed by atoms with Crippen LogP contribution < -0.4 is 15.4 Å². The number of amides is 2. The molecule has 1 atom stereocenters. The van der Waals surface area contributed by atoms with E-state index in [1.54, 1.807) is 19.9 Å². The molecule has 0 aromatic heterocycles. The summed E-state index contributed by atoms with van der Waals surface area (Å²) in [5.74, 6) is 0.302. The molecule has 2 N–H and O–H groups in total. The summed E-state index contributed by atoms with van der Waals surface area (Å²) in [6, 6.07) is 8.55. The van der Waals surface area contributed by atoms with Gasteiger partial charge in [-0.15, -0.1) is 0 Å². The lowest BCUT2D eigenvalue weighted by Gasteiger charge is -2.29. The van der Waals surface area contributed by atoms with E-state index in [1.807, 2.05) is 45.0 Å². The maximum absolute atomic E-state index is 12.6. The van der Waals surface area contributed by atoms with Crippen LogP contribution in [0.2, 0.25) is 5.02 Å². The number of nitrogens with one attached hydrogen (secondary N) is 2. The molecule has 1 unspecified atom stereocenters. The van der Waals surface area contributed by atoms with Crippen molar-refractivity contribution in [2.24, 2.45) is 0 Å². The van der Waals surface area contributed by atoms with Gasteiger partial charge >= 0.3 is 12.0 Å². The molecule has 6 nitrogen and oxygen atoms in total. The minimum absolute atomic E-state index is 0.253. The standard InChI is InChI=1S/C24H27ClN2O4/c1-6-30-23(28)21-16(5)26-24(29)27-22(21)19-11-17(13(2)9-14(19)3)12-31-20-8-7-18(25)10-15(20)4/h7-11,22H,6,12H2,1-5H3,(H2,26,27,29). The number of allylic oxidation sites excluding steroid dienone is 1. The van der Waals surface area contributed by atoms with Crippen LogP contribution in [0.1, 0.15) is 47.7 Å². The number of carbonyl (C=O) groups is 2. The molecule has 1 aliphatic rings. The van der Waals surface area contributed by atoms with Gasteiger partial charge in [-0.2, -0.15) is 0 Å². The van der Waals surface area contributed by atoms with Gasteiger partial charge in [0.15, 0.2) is 0 Å². The van der Waals surface area contributed by atoms with Crippen LogP contribution in [0.3, 0.4) is 0 Å². The third-order valence-corrected chi connectivity index (χ3v) is 5.56. The Hall–Kier alpha value is -2.99. The first-order valence-corrected chi connectivity index (χ1v) is 10.5. The summed E-state index contributed by atoms with van der Waals surface area (Å²) in [6.45, 7) is 9.97. The fourth-order valence-electron chi connectivity index (χ4n) is 3.72. The predicted molar refractivity (Wildman–Crippen MR) is 120 cm³/mol. The number of rotatable bonds is 6. The zero-order valence-corrected chi connectivity index (χ0v) is 19.1. The molecule has 2 aromatic rings. The number of carbonyl (C=O) groups excluding carboxylic acids is 2. The van der Waals surface area contributed by atoms with E-state index >= 15 is 0 Å². The number of esters is 1. The molecule has 1 heterocycles. The summed E-state index contributed by atoms with van der Waals surface area (Å²) in [5, 5.41) is 6.19. The number of halogens is 1. The Morgan fingerprint density at radius 2 is 1.81 bits per heavy atom. The van der Waals surface area contributed by atoms with E-state index in [0.717, 1.165) is 33.6 Å². The van der Waals surface area contributed by atoms with E-state index in [0.29, 0.717) is 22.9 Å². The van der Waals surface area contributed by atoms with E-state index < -0.39 is 12.0 Å². The number of hydrogen-bond donors (Lipinski definition) is 2. The first-order chi connectivity index (χ1) is 14.7. The molecule has 2 aromatic carbocycles. The quantitative estimate of drug-likeness (QED) is 0.615. The molecule has 0 spiro atoms. The maximum atomic E-state index is 12.6. The van der Waals surface area contributed by atoms with Crippen molar-refractivity contribution in [2.75, 3.05) is 6.61 Å². The number of hydrogen-bond acceptors (Lipinski definition) is 4. The summed E-state index contributed by atoms with van der Waals surface area (Å²) in [6.07, 6.45) is 0. The van der Waals surface area contributed by atoms with Crippen LogP contribution in [0, 0.1) is 20.8 Å². The van der Waals surface area contributed by atoms with Crippen molar-refractivity contribution in [3.8, 4) is 5.75 Å². The van der Waals surface area contributed by atoms with E-state index in [2.05, 4.69) is 10.6 Å². The highest BCUT2D eigenvalue weighted by atomic mass is 35.5. The molecule has 0 bridgehead atoms. The SMILES string of the molecule is CCOC(=O)C1=C(C)NC(=O)NC1c1cc(COc2ccc(Cl)cc2C)c(C)cc1C. The topological polar surface area (TPSA) is 76.7 Å². The molecule has 2 amide bonds. The largest absolute Gasteiger partial charge is 0.489 e. The summed E-state index contributed by atoms with van der Waals surface area (Å²) < 4.78 is 11.3. The van der Waals surface area contributed by atoms with Crippen LogP contribution in [0.5, 0.6) is 5.75 Å². The summed E-state index contributed by atoms with van der Waals surface area (Å²) >= 11 is 6.03. The second kappa shape index (κ2) is 9.43. The molecule has 0 radical (unpaired) electrons. The molecule has 7 heteroatoms. The molecular formula is C24H27ClN2O4. The molecule has 31 heavy (non-hydrogen) atoms. The third-order valence-electron chi connectivity index (χ3n) is 5.32. The molecular weight excluding hydrogens is 416 g/mol. The highest BCUT2D eigenvalue weighted by Crippen LogP contribution is 2.32. The lowest BCUT2D eigenvalue weighted by atomic mass is 9.89. The highest BCUT2D eigenvalue weighted by Gasteiger charge is 2.33. The van der Waals surface area contributed by atoms with E-state index in [4.69, 9.17) is 21.1 Å². The number of ether oxygens (including phenoxy) is 2. The molecule has 1 aliphatic heterocycles. The number of urea groups is 1. The Bertz CT molecular complexity index is 1060. The molecule has 164 valence electrons. The molecule has 3 rings (SSSR count). The van der Waals surface area contributed by atoms with Gasteiger partial charge in [-0.3, -0.25) is 0 Å². The van der Waals surface area contributed by atoms with Gasteiger partial charge in [0.25, 0.3) is 0 Å². The minimum Gasteiger partial charge on any atom is -0.489 e. The van der Waals surface area contributed by atoms with Crippen LogP contribution in [0.15, 0.2) is 41.6 Å². The molecule has 0 saturated carbocycles. The fourth-order valence-corrected chi connectivity index (χ4v) is 3.95. The molecule has 0 fully saturated rings.